The van der Waals surface area contributed by atoms with Gasteiger partial charge in [-0.1, -0.05) is 23.7 Å². The number of pyridine rings is 1. The van der Waals surface area contributed by atoms with Gasteiger partial charge in [-0.15, -0.1) is 0 Å². The maximum atomic E-state index is 13.5. The van der Waals surface area contributed by atoms with Gasteiger partial charge in [-0.05, 0) is 43.9 Å². The Morgan fingerprint density at radius 3 is 2.48 bits per heavy atom. The van der Waals surface area contributed by atoms with Gasteiger partial charge >= 0.3 is 0 Å². The van der Waals surface area contributed by atoms with Crippen molar-refractivity contribution in [1.29, 1.82) is 5.26 Å². The van der Waals surface area contributed by atoms with Crippen LogP contribution in [0.2, 0.25) is 5.02 Å². The maximum absolute atomic E-state index is 13.5. The number of carbonyl (C=O) groups excluding carboxylic acids is 1. The van der Waals surface area contributed by atoms with E-state index in [9.17, 15) is 10.1 Å². The molecule has 6 rings (SSSR count). The van der Waals surface area contributed by atoms with E-state index in [0.29, 0.717) is 53.7 Å². The van der Waals surface area contributed by atoms with Crippen molar-refractivity contribution in [1.82, 2.24) is 39.2 Å². The molecule has 0 spiro atoms. The average molecular weight is 581 g/mol. The quantitative estimate of drug-likeness (QED) is 0.299. The molecule has 1 atom stereocenters. The second kappa shape index (κ2) is 11.2. The highest BCUT2D eigenvalue weighted by Gasteiger charge is 2.30. The third-order valence-corrected chi connectivity index (χ3v) is 7.70. The van der Waals surface area contributed by atoms with Crippen LogP contribution < -0.4 is 4.90 Å². The fourth-order valence-electron chi connectivity index (χ4n) is 5.37. The molecule has 11 nitrogen and oxygen atoms in total. The molecule has 0 aliphatic carbocycles. The maximum Gasteiger partial charge on any atom is 0.244 e. The van der Waals surface area contributed by atoms with Crippen LogP contribution in [0.3, 0.4) is 0 Å². The Labute approximate surface area is 248 Å². The summed E-state index contributed by atoms with van der Waals surface area (Å²) in [5, 5.41) is 19.0. The van der Waals surface area contributed by atoms with Gasteiger partial charge in [0.05, 0.1) is 30.0 Å². The van der Waals surface area contributed by atoms with Crippen LogP contribution in [0.4, 0.5) is 5.82 Å². The molecule has 0 N–H and O–H groups in total. The Hall–Kier alpha value is -4.79. The fourth-order valence-corrected chi connectivity index (χ4v) is 5.57. The molecule has 1 aromatic carbocycles. The van der Waals surface area contributed by atoms with Crippen molar-refractivity contribution in [2.24, 2.45) is 7.05 Å². The minimum atomic E-state index is -0.402. The summed E-state index contributed by atoms with van der Waals surface area (Å²) in [5.74, 6) is 0.876. The summed E-state index contributed by atoms with van der Waals surface area (Å²) < 4.78 is 3.39. The van der Waals surface area contributed by atoms with Gasteiger partial charge in [-0.25, -0.2) is 14.5 Å². The summed E-state index contributed by atoms with van der Waals surface area (Å²) in [6, 6.07) is 13.2. The molecule has 1 aliphatic rings. The Balaban J connectivity index is 1.21. The molecule has 5 aromatic rings. The van der Waals surface area contributed by atoms with Crippen LogP contribution in [0.1, 0.15) is 17.2 Å². The Morgan fingerprint density at radius 2 is 1.83 bits per heavy atom. The number of anilines is 1. The summed E-state index contributed by atoms with van der Waals surface area (Å²) >= 11 is 6.21. The van der Waals surface area contributed by atoms with Crippen LogP contribution >= 0.6 is 11.6 Å². The van der Waals surface area contributed by atoms with Crippen LogP contribution in [-0.2, 0) is 11.8 Å². The first kappa shape index (κ1) is 27.4. The molecule has 1 unspecified atom stereocenters. The van der Waals surface area contributed by atoms with E-state index in [1.54, 1.807) is 34.0 Å². The Bertz CT molecular complexity index is 1800. The smallest absolute Gasteiger partial charge is 0.244 e. The summed E-state index contributed by atoms with van der Waals surface area (Å²) in [7, 11) is 5.66. The highest BCUT2D eigenvalue weighted by atomic mass is 35.5. The van der Waals surface area contributed by atoms with E-state index in [1.165, 1.54) is 0 Å². The third kappa shape index (κ3) is 5.18. The molecular weight excluding hydrogens is 552 g/mol. The first-order valence-electron chi connectivity index (χ1n) is 13.5. The lowest BCUT2D eigenvalue weighted by Crippen LogP contribution is -2.51. The van der Waals surface area contributed by atoms with Gasteiger partial charge in [0.1, 0.15) is 29.0 Å². The van der Waals surface area contributed by atoms with Crippen molar-refractivity contribution in [3.63, 3.8) is 0 Å². The second-order valence-electron chi connectivity index (χ2n) is 10.5. The molecule has 1 aliphatic heterocycles. The number of fused-ring (bicyclic) bond motifs is 1. The van der Waals surface area contributed by atoms with Crippen LogP contribution in [0, 0.1) is 11.3 Å². The number of hydrogen-bond donors (Lipinski definition) is 0. The summed E-state index contributed by atoms with van der Waals surface area (Å²) in [6.07, 6.45) is 8.75. The number of likely N-dealkylation sites (N-methyl/N-ethyl adjacent to an activating group) is 1. The predicted molar refractivity (Wildman–Crippen MR) is 160 cm³/mol. The van der Waals surface area contributed by atoms with E-state index < -0.39 is 6.04 Å². The predicted octanol–water partition coefficient (Wildman–Crippen LogP) is 3.67. The average Bonchev–Trinajstić information content (AvgIpc) is 3.63. The minimum Gasteiger partial charge on any atom is -0.353 e. The van der Waals surface area contributed by atoms with Gasteiger partial charge in [0, 0.05) is 61.8 Å². The zero-order valence-electron chi connectivity index (χ0n) is 23.5. The van der Waals surface area contributed by atoms with Crippen LogP contribution in [0.15, 0.2) is 67.4 Å². The molecule has 12 heteroatoms. The number of amides is 1. The molecule has 1 amide bonds. The molecular formula is C30H29ClN10O. The van der Waals surface area contributed by atoms with Crippen molar-refractivity contribution >= 4 is 28.8 Å². The lowest BCUT2D eigenvalue weighted by molar-refractivity contribution is -0.136. The normalized spacial score (nSPS) is 14.4. The first-order valence-corrected chi connectivity index (χ1v) is 13.9. The molecule has 1 fully saturated rings. The topological polar surface area (TPSA) is 111 Å². The van der Waals surface area contributed by atoms with E-state index in [4.69, 9.17) is 21.6 Å². The summed E-state index contributed by atoms with van der Waals surface area (Å²) in [6.45, 7) is 2.50. The molecule has 212 valence electrons. The third-order valence-electron chi connectivity index (χ3n) is 7.47. The largest absolute Gasteiger partial charge is 0.353 e. The number of carbonyl (C=O) groups is 1. The van der Waals surface area contributed by atoms with Gasteiger partial charge in [0.15, 0.2) is 0 Å². The molecule has 5 heterocycles. The monoisotopic (exact) mass is 580 g/mol. The molecule has 4 aromatic heterocycles. The van der Waals surface area contributed by atoms with Crippen molar-refractivity contribution < 1.29 is 4.79 Å². The lowest BCUT2D eigenvalue weighted by Gasteiger charge is -2.38. The lowest BCUT2D eigenvalue weighted by atomic mass is 10.0. The first-order chi connectivity index (χ1) is 20.3. The van der Waals surface area contributed by atoms with Gasteiger partial charge in [-0.2, -0.15) is 15.5 Å². The van der Waals surface area contributed by atoms with Gasteiger partial charge in [0.25, 0.3) is 0 Å². The van der Waals surface area contributed by atoms with E-state index in [0.717, 1.165) is 22.5 Å². The number of benzene rings is 1. The van der Waals surface area contributed by atoms with Crippen LogP contribution in [0.5, 0.6) is 0 Å². The molecule has 42 heavy (non-hydrogen) atoms. The van der Waals surface area contributed by atoms with E-state index in [2.05, 4.69) is 21.2 Å². The van der Waals surface area contributed by atoms with Crippen molar-refractivity contribution in [3.8, 4) is 28.6 Å². The zero-order chi connectivity index (χ0) is 29.4. The van der Waals surface area contributed by atoms with E-state index in [1.807, 2.05) is 73.5 Å². The minimum absolute atomic E-state index is 0.0583. The van der Waals surface area contributed by atoms with Crippen molar-refractivity contribution in [2.75, 3.05) is 45.2 Å². The number of aryl methyl sites for hydroxylation is 1. The van der Waals surface area contributed by atoms with E-state index >= 15 is 0 Å². The van der Waals surface area contributed by atoms with Crippen molar-refractivity contribution in [2.45, 2.75) is 6.04 Å². The highest BCUT2D eigenvalue weighted by Crippen LogP contribution is 2.30. The fraction of sp³-hybridized carbons (Fsp3) is 0.267. The Morgan fingerprint density at radius 1 is 1.02 bits per heavy atom. The van der Waals surface area contributed by atoms with Crippen molar-refractivity contribution in [3.05, 3.63) is 83.5 Å². The number of aromatic nitrogens is 6. The second-order valence-corrected chi connectivity index (χ2v) is 10.9. The SMILES string of the molecule is CN(C)C(C(=O)N1CCN(c2ccc(-c3nc(-c4cnn(C)c4)cn4ncc(C#N)c34)cn2)CC1)c1cccc(Cl)c1. The number of nitriles is 1. The van der Waals surface area contributed by atoms with Crippen LogP contribution in [0.25, 0.3) is 28.0 Å². The number of halogens is 1. The summed E-state index contributed by atoms with van der Waals surface area (Å²) in [5.41, 5.74) is 4.88. The molecule has 0 radical (unpaired) electrons. The molecule has 0 saturated carbocycles. The Kier molecular flexibility index (Phi) is 7.33. The molecule has 0 bridgehead atoms. The number of hydrogen-bond acceptors (Lipinski definition) is 8. The number of piperazine rings is 1. The van der Waals surface area contributed by atoms with Gasteiger partial charge < -0.3 is 9.80 Å². The summed E-state index contributed by atoms with van der Waals surface area (Å²) in [4.78, 5) is 29.2. The van der Waals surface area contributed by atoms with Crippen LogP contribution in [-0.4, -0.2) is 85.3 Å². The zero-order valence-corrected chi connectivity index (χ0v) is 24.3. The number of nitrogens with zero attached hydrogens (tertiary/aromatic N) is 10. The molecule has 1 saturated heterocycles. The van der Waals surface area contributed by atoms with Gasteiger partial charge in [0.2, 0.25) is 5.91 Å². The number of rotatable bonds is 6. The van der Waals surface area contributed by atoms with Gasteiger partial charge in [-0.3, -0.25) is 14.4 Å². The van der Waals surface area contributed by atoms with E-state index in [-0.39, 0.29) is 5.91 Å². The highest BCUT2D eigenvalue weighted by molar-refractivity contribution is 6.30. The standard InChI is InChI=1S/C30H29ClN10O/c1-37(2)29(20-5-4-6-24(31)13-20)30(42)40-11-9-39(10-12-40)26-8-7-21(15-33-26)27-28-22(14-32)16-35-41(28)19-25(36-27)23-17-34-38(3)18-23/h4-8,13,15-19,29H,9-12H2,1-3H3.